The normalized spacial score (nSPS) is 15.6. The molecule has 0 amide bonds. The maximum Gasteiger partial charge on any atom is 0.218 e. The van der Waals surface area contributed by atoms with E-state index >= 15 is 0 Å². The molecule has 6 nitrogen and oxygen atoms in total. The number of hydrogen-bond acceptors (Lipinski definition) is 4. The van der Waals surface area contributed by atoms with Crippen molar-refractivity contribution in [3.05, 3.63) is 59.8 Å². The van der Waals surface area contributed by atoms with Gasteiger partial charge in [-0.05, 0) is 24.5 Å². The highest BCUT2D eigenvalue weighted by Crippen LogP contribution is 2.43. The monoisotopic (exact) mass is 382 g/mol. The highest BCUT2D eigenvalue weighted by atomic mass is 16.5. The van der Waals surface area contributed by atoms with Crippen LogP contribution in [-0.2, 0) is 16.7 Å². The Morgan fingerprint density at radius 2 is 1.93 bits per heavy atom. The average Bonchev–Trinajstić information content (AvgIpc) is 2.71. The Kier molecular flexibility index (Phi) is 7.25. The minimum atomic E-state index is 0.210. The van der Waals surface area contributed by atoms with Gasteiger partial charge in [-0.25, -0.2) is 4.98 Å². The average molecular weight is 383 g/mol. The van der Waals surface area contributed by atoms with E-state index in [1.807, 2.05) is 12.1 Å². The van der Waals surface area contributed by atoms with Crippen LogP contribution in [0.3, 0.4) is 0 Å². The zero-order valence-electron chi connectivity index (χ0n) is 16.8. The van der Waals surface area contributed by atoms with E-state index in [1.165, 1.54) is 24.8 Å². The van der Waals surface area contributed by atoms with E-state index < -0.39 is 0 Å². The number of pyridine rings is 1. The van der Waals surface area contributed by atoms with Gasteiger partial charge < -0.3 is 20.1 Å². The summed E-state index contributed by atoms with van der Waals surface area (Å²) in [6.07, 6.45) is 5.43. The van der Waals surface area contributed by atoms with Gasteiger partial charge >= 0.3 is 0 Å². The third-order valence-electron chi connectivity index (χ3n) is 5.34. The Morgan fingerprint density at radius 1 is 1.11 bits per heavy atom. The maximum absolute atomic E-state index is 5.71. The molecule has 0 aliphatic heterocycles. The first-order valence-electron chi connectivity index (χ1n) is 9.83. The molecule has 0 bridgehead atoms. The van der Waals surface area contributed by atoms with Crippen LogP contribution in [-0.4, -0.2) is 44.9 Å². The van der Waals surface area contributed by atoms with Gasteiger partial charge in [0, 0.05) is 44.4 Å². The van der Waals surface area contributed by atoms with Gasteiger partial charge in [0.15, 0.2) is 5.96 Å². The summed E-state index contributed by atoms with van der Waals surface area (Å²) >= 11 is 0. The van der Waals surface area contributed by atoms with Crippen molar-refractivity contribution in [2.45, 2.75) is 31.2 Å². The lowest BCUT2D eigenvalue weighted by Gasteiger charge is -2.43. The minimum absolute atomic E-state index is 0.210. The first kappa shape index (κ1) is 20.1. The Morgan fingerprint density at radius 3 is 2.61 bits per heavy atom. The summed E-state index contributed by atoms with van der Waals surface area (Å²) in [5.41, 5.74) is 2.61. The van der Waals surface area contributed by atoms with E-state index in [0.717, 1.165) is 18.1 Å². The van der Waals surface area contributed by atoms with Gasteiger partial charge in [-0.15, -0.1) is 0 Å². The Balaban J connectivity index is 1.56. The van der Waals surface area contributed by atoms with Crippen molar-refractivity contribution in [3.8, 4) is 5.88 Å². The molecule has 0 spiro atoms. The summed E-state index contributed by atoms with van der Waals surface area (Å²) in [6, 6.07) is 14.7. The number of guanidine groups is 1. The fourth-order valence-corrected chi connectivity index (χ4v) is 3.53. The topological polar surface area (TPSA) is 67.8 Å². The molecule has 0 unspecified atom stereocenters. The predicted octanol–water partition coefficient (Wildman–Crippen LogP) is 2.89. The Bertz CT molecular complexity index is 760. The van der Waals surface area contributed by atoms with Crippen LogP contribution in [0.1, 0.15) is 30.4 Å². The molecule has 2 aromatic rings. The number of aliphatic imine (C=N–C) groups is 1. The first-order chi connectivity index (χ1) is 13.8. The summed E-state index contributed by atoms with van der Waals surface area (Å²) in [5, 5.41) is 6.89. The lowest BCUT2D eigenvalue weighted by Crippen LogP contribution is -2.48. The van der Waals surface area contributed by atoms with Crippen molar-refractivity contribution in [1.82, 2.24) is 15.6 Å². The number of aromatic nitrogens is 1. The molecule has 1 saturated carbocycles. The summed E-state index contributed by atoms with van der Waals surface area (Å²) in [5.74, 6) is 1.41. The molecule has 0 atom stereocenters. The molecule has 1 aromatic carbocycles. The van der Waals surface area contributed by atoms with Crippen molar-refractivity contribution in [1.29, 1.82) is 0 Å². The second-order valence-electron chi connectivity index (χ2n) is 7.09. The van der Waals surface area contributed by atoms with Gasteiger partial charge in [0.2, 0.25) is 5.88 Å². The largest absolute Gasteiger partial charge is 0.475 e. The molecule has 1 aromatic heterocycles. The predicted molar refractivity (Wildman–Crippen MR) is 112 cm³/mol. The quantitative estimate of drug-likeness (QED) is 0.397. The molecule has 0 radical (unpaired) electrons. The van der Waals surface area contributed by atoms with E-state index in [9.17, 15) is 0 Å². The van der Waals surface area contributed by atoms with Crippen LogP contribution < -0.4 is 15.4 Å². The lowest BCUT2D eigenvalue weighted by molar-refractivity contribution is 0.143. The van der Waals surface area contributed by atoms with Crippen LogP contribution in [0.15, 0.2) is 53.7 Å². The molecule has 6 heteroatoms. The van der Waals surface area contributed by atoms with E-state index in [-0.39, 0.29) is 5.41 Å². The van der Waals surface area contributed by atoms with Crippen molar-refractivity contribution in [2.24, 2.45) is 4.99 Å². The van der Waals surface area contributed by atoms with Crippen LogP contribution >= 0.6 is 0 Å². The Hall–Kier alpha value is -2.60. The number of hydrogen-bond donors (Lipinski definition) is 2. The van der Waals surface area contributed by atoms with Gasteiger partial charge in [-0.1, -0.05) is 42.8 Å². The molecule has 28 heavy (non-hydrogen) atoms. The summed E-state index contributed by atoms with van der Waals surface area (Å²) in [4.78, 5) is 8.70. The second kappa shape index (κ2) is 10.1. The van der Waals surface area contributed by atoms with Crippen molar-refractivity contribution >= 4 is 5.96 Å². The van der Waals surface area contributed by atoms with Gasteiger partial charge in [-0.3, -0.25) is 4.99 Å². The van der Waals surface area contributed by atoms with E-state index in [4.69, 9.17) is 9.47 Å². The molecule has 1 aliphatic rings. The summed E-state index contributed by atoms with van der Waals surface area (Å²) in [7, 11) is 3.45. The molecule has 150 valence electrons. The Labute approximate surface area is 167 Å². The van der Waals surface area contributed by atoms with Gasteiger partial charge in [0.25, 0.3) is 0 Å². The fourth-order valence-electron chi connectivity index (χ4n) is 3.53. The number of methoxy groups -OCH3 is 1. The number of nitrogens with one attached hydrogen (secondary N) is 2. The smallest absolute Gasteiger partial charge is 0.218 e. The van der Waals surface area contributed by atoms with Crippen molar-refractivity contribution < 1.29 is 9.47 Å². The molecule has 3 rings (SSSR count). The molecular weight excluding hydrogens is 352 g/mol. The first-order valence-corrected chi connectivity index (χ1v) is 9.83. The zero-order valence-corrected chi connectivity index (χ0v) is 16.8. The number of nitrogens with zero attached hydrogens (tertiary/aromatic N) is 2. The van der Waals surface area contributed by atoms with Crippen molar-refractivity contribution in [3.63, 3.8) is 0 Å². The molecular formula is C22H30N4O2. The molecule has 1 aliphatic carbocycles. The zero-order chi connectivity index (χ0) is 19.7. The minimum Gasteiger partial charge on any atom is -0.475 e. The number of benzene rings is 1. The highest BCUT2D eigenvalue weighted by molar-refractivity contribution is 5.79. The fraction of sp³-hybridized carbons (Fsp3) is 0.455. The van der Waals surface area contributed by atoms with Gasteiger partial charge in [-0.2, -0.15) is 0 Å². The van der Waals surface area contributed by atoms with Crippen LogP contribution in [0.4, 0.5) is 0 Å². The molecule has 1 heterocycles. The van der Waals surface area contributed by atoms with Crippen molar-refractivity contribution in [2.75, 3.05) is 33.9 Å². The molecule has 2 N–H and O–H groups in total. The third-order valence-corrected chi connectivity index (χ3v) is 5.34. The third kappa shape index (κ3) is 5.01. The van der Waals surface area contributed by atoms with Crippen LogP contribution in [0.2, 0.25) is 0 Å². The molecule has 0 saturated heterocycles. The van der Waals surface area contributed by atoms with Gasteiger partial charge in [0.05, 0.1) is 6.61 Å². The second-order valence-corrected chi connectivity index (χ2v) is 7.09. The standard InChI is InChI=1S/C22H30N4O2/c1-23-21(25-16-18-8-6-13-24-20(18)28-15-14-27-2)26-17-22(11-7-12-22)19-9-4-3-5-10-19/h3-6,8-10,13H,7,11-12,14-17H2,1-2H3,(H2,23,25,26). The van der Waals surface area contributed by atoms with Crippen LogP contribution in [0.25, 0.3) is 0 Å². The number of ether oxygens (including phenoxy) is 2. The van der Waals surface area contributed by atoms with E-state index in [2.05, 4.69) is 50.9 Å². The maximum atomic E-state index is 5.71. The lowest BCUT2D eigenvalue weighted by atomic mass is 9.64. The summed E-state index contributed by atoms with van der Waals surface area (Å²) in [6.45, 7) is 2.48. The molecule has 1 fully saturated rings. The number of rotatable bonds is 9. The van der Waals surface area contributed by atoms with Gasteiger partial charge in [0.1, 0.15) is 6.61 Å². The highest BCUT2D eigenvalue weighted by Gasteiger charge is 2.38. The SMILES string of the molecule is CN=C(NCc1cccnc1OCCOC)NCC1(c2ccccc2)CCC1. The van der Waals surface area contributed by atoms with E-state index in [1.54, 1.807) is 20.4 Å². The van der Waals surface area contributed by atoms with Crippen LogP contribution in [0, 0.1) is 0 Å². The summed E-state index contributed by atoms with van der Waals surface area (Å²) < 4.78 is 10.7. The van der Waals surface area contributed by atoms with Crippen LogP contribution in [0.5, 0.6) is 5.88 Å². The van der Waals surface area contributed by atoms with E-state index in [0.29, 0.717) is 25.6 Å².